The molecule has 0 N–H and O–H groups in total. The molecule has 6 aromatic rings. The second kappa shape index (κ2) is 28.6. The van der Waals surface area contributed by atoms with Gasteiger partial charge in [0, 0.05) is 22.1 Å². The molecule has 0 radical (unpaired) electrons. The van der Waals surface area contributed by atoms with Gasteiger partial charge in [0.2, 0.25) is 12.7 Å². The van der Waals surface area contributed by atoms with E-state index < -0.39 is 0 Å². The second-order valence-corrected chi connectivity index (χ2v) is 12.3. The number of aromatic nitrogens is 4. The van der Waals surface area contributed by atoms with Crippen molar-refractivity contribution in [2.75, 3.05) is 0 Å². The van der Waals surface area contributed by atoms with E-state index in [4.69, 9.17) is 0 Å². The van der Waals surface area contributed by atoms with E-state index in [9.17, 15) is 0 Å². The second-order valence-electron chi connectivity index (χ2n) is 12.3. The number of aryl methyl sites for hydroxylation is 2. The van der Waals surface area contributed by atoms with Crippen LogP contribution in [0.15, 0.2) is 109 Å². The number of benzene rings is 4. The SMILES string of the molecule is CC(C)n1[c-][n+](C(C)C)c2ccccc21.CC(C)n1[c-][n+](C(C)C)c2ccccc21.Cc1ccccc1.Cc1ccccc1.[Br-].[Br-].[Br-].[Br-].[Pd+2].[Pd+2]. The first-order valence-electron chi connectivity index (χ1n) is 15.9. The van der Waals surface area contributed by atoms with Gasteiger partial charge >= 0.3 is 40.8 Å². The summed E-state index contributed by atoms with van der Waals surface area (Å²) < 4.78 is 8.81. The summed E-state index contributed by atoms with van der Waals surface area (Å²) in [6.07, 6.45) is 6.84. The molecule has 6 rings (SSSR count). The Morgan fingerprint density at radius 2 is 0.680 bits per heavy atom. The molecular weight excluding hydrogens is 1070 g/mol. The Bertz CT molecular complexity index is 1490. The van der Waals surface area contributed by atoms with Gasteiger partial charge in [0.25, 0.3) is 0 Å². The van der Waals surface area contributed by atoms with Crippen molar-refractivity contribution in [3.05, 3.63) is 133 Å². The van der Waals surface area contributed by atoms with Crippen molar-refractivity contribution in [3.63, 3.8) is 0 Å². The zero-order chi connectivity index (χ0) is 32.2. The Kier molecular flexibility index (Phi) is 31.9. The molecule has 0 amide bonds. The number of hydrogen-bond acceptors (Lipinski definition) is 0. The standard InChI is InChI=1S/2C13H18N2.2C7H8.4BrH.2Pd/c2*1-10(2)14-9-15(11(3)4)13-8-6-5-7-12(13)14;2*1-7-5-3-2-4-6-7;;;;;;/h2*5-8,10-11H,1-4H3;2*2-6H,1H3;4*1H;;/q;;;;;;;;2*+2/p-4. The first-order valence-corrected chi connectivity index (χ1v) is 15.9. The van der Waals surface area contributed by atoms with Crippen LogP contribution >= 0.6 is 0 Å². The first-order chi connectivity index (χ1) is 21.0. The van der Waals surface area contributed by atoms with Crippen molar-refractivity contribution in [2.24, 2.45) is 0 Å². The monoisotopic (exact) mass is 1120 g/mol. The van der Waals surface area contributed by atoms with E-state index in [2.05, 4.69) is 173 Å². The number of rotatable bonds is 4. The molecule has 0 atom stereocenters. The van der Waals surface area contributed by atoms with Crippen molar-refractivity contribution in [3.8, 4) is 0 Å². The van der Waals surface area contributed by atoms with Gasteiger partial charge in [-0.25, -0.2) is 0 Å². The molecule has 2 heterocycles. The minimum atomic E-state index is 0. The van der Waals surface area contributed by atoms with Crippen molar-refractivity contribution in [1.29, 1.82) is 0 Å². The molecule has 4 aromatic carbocycles. The van der Waals surface area contributed by atoms with E-state index in [1.54, 1.807) is 0 Å². The Balaban J connectivity index is -0.000000285. The van der Waals surface area contributed by atoms with Crippen LogP contribution in [0.1, 0.15) is 90.7 Å². The van der Waals surface area contributed by atoms with Crippen molar-refractivity contribution < 1.29 is 118 Å². The summed E-state index contributed by atoms with van der Waals surface area (Å²) in [6, 6.07) is 39.3. The largest absolute Gasteiger partial charge is 2.00 e. The number of fused-ring (bicyclic) bond motifs is 2. The maximum Gasteiger partial charge on any atom is 2.00 e. The molecule has 0 saturated carbocycles. The number of halogens is 4. The van der Waals surface area contributed by atoms with Crippen LogP contribution < -0.4 is 77.1 Å². The Hall–Kier alpha value is -0.935. The van der Waals surface area contributed by atoms with Crippen LogP contribution in [0.5, 0.6) is 0 Å². The van der Waals surface area contributed by atoms with Gasteiger partial charge in [-0.15, -0.1) is 0 Å². The smallest absolute Gasteiger partial charge is 1.00 e. The molecule has 0 saturated heterocycles. The average molecular weight is 1120 g/mol. The minimum Gasteiger partial charge on any atom is -1.00 e. The van der Waals surface area contributed by atoms with Crippen molar-refractivity contribution in [2.45, 2.75) is 93.4 Å². The molecule has 0 spiro atoms. The molecule has 50 heavy (non-hydrogen) atoms. The van der Waals surface area contributed by atoms with Gasteiger partial charge in [0.1, 0.15) is 0 Å². The van der Waals surface area contributed by atoms with Crippen molar-refractivity contribution in [1.82, 2.24) is 9.13 Å². The van der Waals surface area contributed by atoms with Crippen molar-refractivity contribution >= 4 is 22.1 Å². The van der Waals surface area contributed by atoms with Crippen LogP contribution in [0.2, 0.25) is 0 Å². The van der Waals surface area contributed by atoms with Crippen LogP contribution in [0, 0.1) is 26.5 Å². The Morgan fingerprint density at radius 1 is 0.420 bits per heavy atom. The molecule has 10 heteroatoms. The first kappa shape index (κ1) is 55.8. The summed E-state index contributed by atoms with van der Waals surface area (Å²) in [5.74, 6) is 0. The van der Waals surface area contributed by atoms with Crippen LogP contribution in [0.3, 0.4) is 0 Å². The maximum atomic E-state index is 3.42. The van der Waals surface area contributed by atoms with E-state index in [0.29, 0.717) is 24.2 Å². The molecule has 0 fully saturated rings. The van der Waals surface area contributed by atoms with E-state index in [1.165, 1.54) is 33.2 Å². The molecule has 0 aliphatic rings. The quantitative estimate of drug-likeness (QED) is 0.109. The van der Waals surface area contributed by atoms with E-state index in [0.717, 1.165) is 0 Å². The Morgan fingerprint density at radius 3 is 0.900 bits per heavy atom. The average Bonchev–Trinajstić information content (AvgIpc) is 3.59. The van der Waals surface area contributed by atoms with Crippen LogP contribution in [0.4, 0.5) is 0 Å². The predicted octanol–water partition coefficient (Wildman–Crippen LogP) is -2.22. The third-order valence-corrected chi connectivity index (χ3v) is 7.18. The van der Waals surface area contributed by atoms with Gasteiger partial charge in [0.15, 0.2) is 0 Å². The maximum absolute atomic E-state index is 3.42. The van der Waals surface area contributed by atoms with Crippen LogP contribution in [-0.2, 0) is 40.8 Å². The summed E-state index contributed by atoms with van der Waals surface area (Å²) in [4.78, 5) is 0. The summed E-state index contributed by atoms with van der Waals surface area (Å²) in [5, 5.41) is 0. The van der Waals surface area contributed by atoms with E-state index in [-0.39, 0.29) is 109 Å². The molecule has 0 unspecified atom stereocenters. The number of hydrogen-bond donors (Lipinski definition) is 0. The van der Waals surface area contributed by atoms with Gasteiger partial charge in [-0.3, -0.25) is 0 Å². The zero-order valence-corrected chi connectivity index (χ0v) is 40.1. The fourth-order valence-corrected chi connectivity index (χ4v) is 4.83. The fraction of sp³-hybridized carbons (Fsp3) is 0.350. The summed E-state index contributed by atoms with van der Waals surface area (Å²) >= 11 is 0. The van der Waals surface area contributed by atoms with Gasteiger partial charge in [0.05, 0.1) is 24.2 Å². The van der Waals surface area contributed by atoms with Gasteiger partial charge in [-0.1, -0.05) is 120 Å². The molecule has 0 bridgehead atoms. The molecule has 0 aliphatic heterocycles. The number of nitrogens with zero attached hydrogens (tertiary/aromatic N) is 4. The normalized spacial score (nSPS) is 9.56. The number of imidazole rings is 2. The third-order valence-electron chi connectivity index (χ3n) is 7.18. The molecular formula is C40H52Br4N4Pd2. The van der Waals surface area contributed by atoms with E-state index >= 15 is 0 Å². The predicted molar refractivity (Wildman–Crippen MR) is 186 cm³/mol. The molecule has 280 valence electrons. The van der Waals surface area contributed by atoms with E-state index in [1.807, 2.05) is 36.4 Å². The molecule has 4 nitrogen and oxygen atoms in total. The fourth-order valence-electron chi connectivity index (χ4n) is 4.83. The Labute approximate surface area is 371 Å². The molecule has 0 aliphatic carbocycles. The number of para-hydroxylation sites is 4. The summed E-state index contributed by atoms with van der Waals surface area (Å²) in [6.45, 7) is 21.7. The van der Waals surface area contributed by atoms with Gasteiger partial charge in [-0.2, -0.15) is 0 Å². The van der Waals surface area contributed by atoms with Gasteiger partial charge < -0.3 is 86.2 Å². The topological polar surface area (TPSA) is 17.6 Å². The zero-order valence-electron chi connectivity index (χ0n) is 30.6. The van der Waals surface area contributed by atoms with Crippen LogP contribution in [0.25, 0.3) is 22.1 Å². The summed E-state index contributed by atoms with van der Waals surface area (Å²) in [5.41, 5.74) is 7.70. The van der Waals surface area contributed by atoms with Gasteiger partial charge in [-0.05, 0) is 69.2 Å². The summed E-state index contributed by atoms with van der Waals surface area (Å²) in [7, 11) is 0. The molecule has 2 aromatic heterocycles. The minimum absolute atomic E-state index is 0. The van der Waals surface area contributed by atoms with Crippen LogP contribution in [-0.4, -0.2) is 9.13 Å². The third kappa shape index (κ3) is 16.8.